The van der Waals surface area contributed by atoms with Crippen molar-refractivity contribution < 1.29 is 4.74 Å². The molecule has 2 unspecified atom stereocenters. The van der Waals surface area contributed by atoms with Gasteiger partial charge in [-0.3, -0.25) is 9.58 Å². The van der Waals surface area contributed by atoms with Gasteiger partial charge in [-0.25, -0.2) is 0 Å². The second kappa shape index (κ2) is 7.20. The van der Waals surface area contributed by atoms with Crippen molar-refractivity contribution in [2.45, 2.75) is 38.3 Å². The van der Waals surface area contributed by atoms with Crippen LogP contribution in [0, 0.1) is 5.92 Å². The molecule has 5 nitrogen and oxygen atoms in total. The minimum absolute atomic E-state index is 0.118. The van der Waals surface area contributed by atoms with Gasteiger partial charge in [-0.2, -0.15) is 5.10 Å². The highest BCUT2D eigenvalue weighted by Gasteiger charge is 2.25. The maximum Gasteiger partial charge on any atom is 0.0593 e. The second-order valence-electron chi connectivity index (χ2n) is 5.96. The van der Waals surface area contributed by atoms with Crippen molar-refractivity contribution in [3.8, 4) is 0 Å². The summed E-state index contributed by atoms with van der Waals surface area (Å²) in [6.45, 7) is 4.73. The van der Waals surface area contributed by atoms with Gasteiger partial charge in [0.2, 0.25) is 0 Å². The fraction of sp³-hybridized carbons (Fsp3) is 0.800. The maximum atomic E-state index is 6.30. The molecule has 5 heteroatoms. The third-order valence-electron chi connectivity index (χ3n) is 4.06. The number of nitrogens with two attached hydrogens (primary N) is 1. The first-order valence-corrected chi connectivity index (χ1v) is 7.64. The summed E-state index contributed by atoms with van der Waals surface area (Å²) in [6, 6.07) is 0.325. The number of hydrogen-bond donors (Lipinski definition) is 1. The zero-order chi connectivity index (χ0) is 14.5. The molecule has 1 aliphatic carbocycles. The third-order valence-corrected chi connectivity index (χ3v) is 4.06. The molecule has 0 saturated heterocycles. The Bertz CT molecular complexity index is 402. The summed E-state index contributed by atoms with van der Waals surface area (Å²) in [5, 5.41) is 4.27. The predicted octanol–water partition coefficient (Wildman–Crippen LogP) is 1.56. The topological polar surface area (TPSA) is 56.3 Å². The standard InChI is InChI=1S/C15H28N4O/c1-4-14(16)15(13-9-17-19(3)10-13)18(2)7-8-20-11-12-5-6-12/h9-10,12,14-15H,4-8,11,16H2,1-3H3. The molecular formula is C15H28N4O. The number of aromatic nitrogens is 2. The molecule has 1 saturated carbocycles. The van der Waals surface area contributed by atoms with Gasteiger partial charge in [-0.15, -0.1) is 0 Å². The van der Waals surface area contributed by atoms with Gasteiger partial charge in [-0.05, 0) is 32.2 Å². The predicted molar refractivity (Wildman–Crippen MR) is 80.4 cm³/mol. The summed E-state index contributed by atoms with van der Waals surface area (Å²) in [4.78, 5) is 2.29. The lowest BCUT2D eigenvalue weighted by molar-refractivity contribution is 0.0861. The number of rotatable bonds is 9. The summed E-state index contributed by atoms with van der Waals surface area (Å²) >= 11 is 0. The lowest BCUT2D eigenvalue weighted by Gasteiger charge is -2.31. The fourth-order valence-electron chi connectivity index (χ4n) is 2.53. The molecule has 0 radical (unpaired) electrons. The minimum atomic E-state index is 0.118. The van der Waals surface area contributed by atoms with Crippen LogP contribution in [0.5, 0.6) is 0 Å². The number of aryl methyl sites for hydroxylation is 1. The maximum absolute atomic E-state index is 6.30. The van der Waals surface area contributed by atoms with Gasteiger partial charge in [0.1, 0.15) is 0 Å². The fourth-order valence-corrected chi connectivity index (χ4v) is 2.53. The van der Waals surface area contributed by atoms with E-state index in [1.54, 1.807) is 0 Å². The summed E-state index contributed by atoms with van der Waals surface area (Å²) in [5.41, 5.74) is 7.49. The van der Waals surface area contributed by atoms with Crippen LogP contribution in [0.3, 0.4) is 0 Å². The molecule has 2 atom stereocenters. The highest BCUT2D eigenvalue weighted by atomic mass is 16.5. The van der Waals surface area contributed by atoms with E-state index in [1.807, 2.05) is 17.9 Å². The average Bonchev–Trinajstić information content (AvgIpc) is 3.16. The normalized spacial score (nSPS) is 18.4. The number of nitrogens with zero attached hydrogens (tertiary/aromatic N) is 3. The van der Waals surface area contributed by atoms with Crippen molar-refractivity contribution in [2.75, 3.05) is 26.8 Å². The number of hydrogen-bond acceptors (Lipinski definition) is 4. The Morgan fingerprint density at radius 1 is 1.55 bits per heavy atom. The Morgan fingerprint density at radius 3 is 2.85 bits per heavy atom. The first kappa shape index (κ1) is 15.5. The Hall–Kier alpha value is -0.910. The van der Waals surface area contributed by atoms with E-state index in [0.717, 1.165) is 32.1 Å². The Balaban J connectivity index is 1.87. The summed E-state index contributed by atoms with van der Waals surface area (Å²) < 4.78 is 7.56. The second-order valence-corrected chi connectivity index (χ2v) is 5.96. The van der Waals surface area contributed by atoms with Gasteiger partial charge in [0.05, 0.1) is 18.8 Å². The number of ether oxygens (including phenoxy) is 1. The van der Waals surface area contributed by atoms with Crippen molar-refractivity contribution in [1.29, 1.82) is 0 Å². The molecule has 114 valence electrons. The van der Waals surface area contributed by atoms with Gasteiger partial charge in [0, 0.05) is 38.0 Å². The molecule has 0 spiro atoms. The van der Waals surface area contributed by atoms with Crippen LogP contribution in [-0.2, 0) is 11.8 Å². The summed E-state index contributed by atoms with van der Waals surface area (Å²) in [6.07, 6.45) is 7.61. The summed E-state index contributed by atoms with van der Waals surface area (Å²) in [7, 11) is 4.06. The molecule has 2 rings (SSSR count). The van der Waals surface area contributed by atoms with Crippen LogP contribution in [0.15, 0.2) is 12.4 Å². The minimum Gasteiger partial charge on any atom is -0.380 e. The first-order valence-electron chi connectivity index (χ1n) is 7.64. The van der Waals surface area contributed by atoms with Crippen molar-refractivity contribution >= 4 is 0 Å². The third kappa shape index (κ3) is 4.30. The van der Waals surface area contributed by atoms with Crippen molar-refractivity contribution in [2.24, 2.45) is 18.7 Å². The zero-order valence-electron chi connectivity index (χ0n) is 13.0. The van der Waals surface area contributed by atoms with Crippen molar-refractivity contribution in [3.63, 3.8) is 0 Å². The molecule has 20 heavy (non-hydrogen) atoms. The Kier molecular flexibility index (Phi) is 5.57. The molecule has 0 amide bonds. The highest BCUT2D eigenvalue weighted by molar-refractivity contribution is 5.13. The van der Waals surface area contributed by atoms with E-state index < -0.39 is 0 Å². The van der Waals surface area contributed by atoms with Crippen LogP contribution >= 0.6 is 0 Å². The first-order chi connectivity index (χ1) is 9.61. The van der Waals surface area contributed by atoms with E-state index in [1.165, 1.54) is 18.4 Å². The molecule has 0 bridgehead atoms. The molecule has 1 aromatic rings. The van der Waals surface area contributed by atoms with E-state index >= 15 is 0 Å². The van der Waals surface area contributed by atoms with Crippen LogP contribution in [-0.4, -0.2) is 47.5 Å². The van der Waals surface area contributed by atoms with E-state index in [0.29, 0.717) is 0 Å². The zero-order valence-corrected chi connectivity index (χ0v) is 13.0. The van der Waals surface area contributed by atoms with Crippen molar-refractivity contribution in [3.05, 3.63) is 18.0 Å². The molecule has 1 heterocycles. The highest BCUT2D eigenvalue weighted by Crippen LogP contribution is 2.29. The summed E-state index contributed by atoms with van der Waals surface area (Å²) in [5.74, 6) is 0.826. The van der Waals surface area contributed by atoms with Gasteiger partial charge >= 0.3 is 0 Å². The van der Waals surface area contributed by atoms with Gasteiger partial charge < -0.3 is 10.5 Å². The lowest BCUT2D eigenvalue weighted by Crippen LogP contribution is -2.40. The molecule has 1 fully saturated rings. The van der Waals surface area contributed by atoms with E-state index in [4.69, 9.17) is 10.5 Å². The van der Waals surface area contributed by atoms with Crippen LogP contribution in [0.4, 0.5) is 0 Å². The van der Waals surface area contributed by atoms with Crippen LogP contribution < -0.4 is 5.73 Å². The van der Waals surface area contributed by atoms with Gasteiger partial charge in [-0.1, -0.05) is 6.92 Å². The van der Waals surface area contributed by atoms with Crippen LogP contribution in [0.2, 0.25) is 0 Å². The van der Waals surface area contributed by atoms with E-state index in [9.17, 15) is 0 Å². The van der Waals surface area contributed by atoms with Crippen LogP contribution in [0.25, 0.3) is 0 Å². The average molecular weight is 280 g/mol. The molecule has 1 aliphatic rings. The molecule has 0 aliphatic heterocycles. The van der Waals surface area contributed by atoms with Crippen LogP contribution in [0.1, 0.15) is 37.8 Å². The van der Waals surface area contributed by atoms with Crippen molar-refractivity contribution in [1.82, 2.24) is 14.7 Å². The molecule has 0 aromatic carbocycles. The molecule has 1 aromatic heterocycles. The molecular weight excluding hydrogens is 252 g/mol. The largest absolute Gasteiger partial charge is 0.380 e. The SMILES string of the molecule is CCC(N)C(c1cnn(C)c1)N(C)CCOCC1CC1. The quantitative estimate of drug-likeness (QED) is 0.697. The Morgan fingerprint density at radius 2 is 2.30 bits per heavy atom. The Labute approximate surface area is 122 Å². The smallest absolute Gasteiger partial charge is 0.0593 e. The van der Waals surface area contributed by atoms with Gasteiger partial charge in [0.25, 0.3) is 0 Å². The van der Waals surface area contributed by atoms with E-state index in [-0.39, 0.29) is 12.1 Å². The van der Waals surface area contributed by atoms with E-state index in [2.05, 4.69) is 30.2 Å². The molecule has 2 N–H and O–H groups in total. The van der Waals surface area contributed by atoms with Gasteiger partial charge in [0.15, 0.2) is 0 Å². The lowest BCUT2D eigenvalue weighted by atomic mass is 9.99. The monoisotopic (exact) mass is 280 g/mol. The number of likely N-dealkylation sites (N-methyl/N-ethyl adjacent to an activating group) is 1.